The van der Waals surface area contributed by atoms with E-state index in [0.717, 1.165) is 0 Å². The fourth-order valence-corrected chi connectivity index (χ4v) is 1.99. The topological polar surface area (TPSA) is 73.9 Å². The molecule has 0 bridgehead atoms. The second-order valence-corrected chi connectivity index (χ2v) is 4.59. The average molecular weight is 315 g/mol. The van der Waals surface area contributed by atoms with Gasteiger partial charge in [-0.25, -0.2) is 4.79 Å². The minimum Gasteiger partial charge on any atom is -0.497 e. The fourth-order valence-electron chi connectivity index (χ4n) is 1.99. The predicted octanol–water partition coefficient (Wildman–Crippen LogP) is 2.74. The molecule has 0 saturated carbocycles. The number of carbonyl (C=O) groups excluding carboxylic acids is 2. The van der Waals surface area contributed by atoms with Crippen LogP contribution in [0.1, 0.15) is 20.7 Å². The van der Waals surface area contributed by atoms with Crippen LogP contribution in [0.3, 0.4) is 0 Å². The van der Waals surface area contributed by atoms with E-state index in [1.54, 1.807) is 42.5 Å². The molecule has 120 valence electrons. The van der Waals surface area contributed by atoms with Crippen LogP contribution in [0.5, 0.6) is 11.5 Å². The van der Waals surface area contributed by atoms with Gasteiger partial charge in [-0.2, -0.15) is 0 Å². The van der Waals surface area contributed by atoms with Crippen LogP contribution >= 0.6 is 0 Å². The van der Waals surface area contributed by atoms with Gasteiger partial charge in [0, 0.05) is 11.8 Å². The maximum Gasteiger partial charge on any atom is 0.337 e. The SMILES string of the molecule is COC(=O)c1ccc(NC(=O)c2ccc(OC)cc2OC)cc1. The van der Waals surface area contributed by atoms with Crippen molar-refractivity contribution in [3.05, 3.63) is 53.6 Å². The lowest BCUT2D eigenvalue weighted by molar-refractivity contribution is 0.0600. The second-order valence-electron chi connectivity index (χ2n) is 4.59. The Kier molecular flexibility index (Phi) is 5.19. The number of nitrogens with one attached hydrogen (secondary N) is 1. The molecule has 6 heteroatoms. The number of hydrogen-bond acceptors (Lipinski definition) is 5. The predicted molar refractivity (Wildman–Crippen MR) is 85.3 cm³/mol. The first kappa shape index (κ1) is 16.4. The van der Waals surface area contributed by atoms with Gasteiger partial charge in [0.05, 0.1) is 32.5 Å². The Morgan fingerprint density at radius 1 is 0.913 bits per heavy atom. The Bertz CT molecular complexity index is 709. The van der Waals surface area contributed by atoms with Gasteiger partial charge in [0.15, 0.2) is 0 Å². The van der Waals surface area contributed by atoms with E-state index in [4.69, 9.17) is 9.47 Å². The first-order valence-corrected chi connectivity index (χ1v) is 6.80. The van der Waals surface area contributed by atoms with Crippen LogP contribution in [0.4, 0.5) is 5.69 Å². The zero-order valence-electron chi connectivity index (χ0n) is 13.1. The van der Waals surface area contributed by atoms with E-state index in [1.807, 2.05) is 0 Å². The van der Waals surface area contributed by atoms with Crippen LogP contribution < -0.4 is 14.8 Å². The number of benzene rings is 2. The Morgan fingerprint density at radius 3 is 2.17 bits per heavy atom. The van der Waals surface area contributed by atoms with Crippen LogP contribution in [-0.4, -0.2) is 33.2 Å². The van der Waals surface area contributed by atoms with E-state index in [-0.39, 0.29) is 5.91 Å². The van der Waals surface area contributed by atoms with Gasteiger partial charge in [-0.3, -0.25) is 4.79 Å². The zero-order valence-corrected chi connectivity index (χ0v) is 13.1. The summed E-state index contributed by atoms with van der Waals surface area (Å²) < 4.78 is 14.9. The molecule has 0 atom stereocenters. The summed E-state index contributed by atoms with van der Waals surface area (Å²) in [7, 11) is 4.34. The quantitative estimate of drug-likeness (QED) is 0.859. The first-order chi connectivity index (χ1) is 11.1. The van der Waals surface area contributed by atoms with Crippen LogP contribution in [-0.2, 0) is 4.74 Å². The van der Waals surface area contributed by atoms with Crippen molar-refractivity contribution >= 4 is 17.6 Å². The first-order valence-electron chi connectivity index (χ1n) is 6.80. The molecule has 0 saturated heterocycles. The van der Waals surface area contributed by atoms with Crippen LogP contribution in [0.25, 0.3) is 0 Å². The summed E-state index contributed by atoms with van der Waals surface area (Å²) in [5.41, 5.74) is 1.35. The van der Waals surface area contributed by atoms with E-state index in [2.05, 4.69) is 10.1 Å². The third-order valence-electron chi connectivity index (χ3n) is 3.22. The molecule has 6 nitrogen and oxygen atoms in total. The second kappa shape index (κ2) is 7.31. The molecule has 0 aliphatic rings. The van der Waals surface area contributed by atoms with Crippen LogP contribution in [0, 0.1) is 0 Å². The van der Waals surface area contributed by atoms with Gasteiger partial charge < -0.3 is 19.5 Å². The van der Waals surface area contributed by atoms with Gasteiger partial charge >= 0.3 is 5.97 Å². The minimum absolute atomic E-state index is 0.324. The summed E-state index contributed by atoms with van der Waals surface area (Å²) in [5.74, 6) is 0.254. The standard InChI is InChI=1S/C17H17NO5/c1-21-13-8-9-14(15(10-13)22-2)16(19)18-12-6-4-11(5-7-12)17(20)23-3/h4-10H,1-3H3,(H,18,19). The molecule has 2 aromatic carbocycles. The Morgan fingerprint density at radius 2 is 1.61 bits per heavy atom. The summed E-state index contributed by atoms with van der Waals surface area (Å²) in [6.45, 7) is 0. The van der Waals surface area contributed by atoms with Crippen molar-refractivity contribution in [1.29, 1.82) is 0 Å². The highest BCUT2D eigenvalue weighted by Crippen LogP contribution is 2.25. The minimum atomic E-state index is -0.431. The Hall–Kier alpha value is -3.02. The fraction of sp³-hybridized carbons (Fsp3) is 0.176. The zero-order chi connectivity index (χ0) is 16.8. The number of anilines is 1. The lowest BCUT2D eigenvalue weighted by Gasteiger charge is -2.11. The van der Waals surface area contributed by atoms with Gasteiger partial charge in [0.2, 0.25) is 0 Å². The molecule has 2 rings (SSSR count). The third-order valence-corrected chi connectivity index (χ3v) is 3.22. The lowest BCUT2D eigenvalue weighted by Crippen LogP contribution is -2.13. The molecule has 0 aliphatic heterocycles. The molecule has 23 heavy (non-hydrogen) atoms. The number of ether oxygens (including phenoxy) is 3. The summed E-state index contributed by atoms with van der Waals surface area (Å²) in [6, 6.07) is 11.3. The summed E-state index contributed by atoms with van der Waals surface area (Å²) in [5, 5.41) is 2.74. The lowest BCUT2D eigenvalue weighted by atomic mass is 10.1. The smallest absolute Gasteiger partial charge is 0.337 e. The molecule has 0 aliphatic carbocycles. The molecule has 0 aromatic heterocycles. The van der Waals surface area contributed by atoms with Crippen molar-refractivity contribution in [1.82, 2.24) is 0 Å². The maximum atomic E-state index is 12.3. The van der Waals surface area contributed by atoms with Gasteiger partial charge in [-0.1, -0.05) is 0 Å². The molecular formula is C17H17NO5. The number of amides is 1. The van der Waals surface area contributed by atoms with Crippen molar-refractivity contribution in [3.8, 4) is 11.5 Å². The highest BCUT2D eigenvalue weighted by molar-refractivity contribution is 6.06. The molecule has 0 unspecified atom stereocenters. The normalized spacial score (nSPS) is 9.87. The van der Waals surface area contributed by atoms with E-state index in [0.29, 0.717) is 28.3 Å². The van der Waals surface area contributed by atoms with Crippen molar-refractivity contribution < 1.29 is 23.8 Å². The number of esters is 1. The average Bonchev–Trinajstić information content (AvgIpc) is 2.60. The van der Waals surface area contributed by atoms with E-state index in [1.165, 1.54) is 21.3 Å². The highest BCUT2D eigenvalue weighted by Gasteiger charge is 2.14. The summed E-state index contributed by atoms with van der Waals surface area (Å²) in [6.07, 6.45) is 0. The Labute approximate surface area is 134 Å². The number of methoxy groups -OCH3 is 3. The van der Waals surface area contributed by atoms with E-state index >= 15 is 0 Å². The van der Waals surface area contributed by atoms with Gasteiger partial charge in [0.1, 0.15) is 11.5 Å². The molecule has 0 spiro atoms. The van der Waals surface area contributed by atoms with E-state index in [9.17, 15) is 9.59 Å². The monoisotopic (exact) mass is 315 g/mol. The van der Waals surface area contributed by atoms with Crippen LogP contribution in [0.15, 0.2) is 42.5 Å². The van der Waals surface area contributed by atoms with Gasteiger partial charge in [-0.15, -0.1) is 0 Å². The van der Waals surface area contributed by atoms with Crippen molar-refractivity contribution in [2.24, 2.45) is 0 Å². The third kappa shape index (κ3) is 3.79. The molecule has 2 aromatic rings. The number of carbonyl (C=O) groups is 2. The van der Waals surface area contributed by atoms with Crippen molar-refractivity contribution in [2.45, 2.75) is 0 Å². The van der Waals surface area contributed by atoms with Crippen molar-refractivity contribution in [2.75, 3.05) is 26.6 Å². The van der Waals surface area contributed by atoms with Gasteiger partial charge in [0.25, 0.3) is 5.91 Å². The largest absolute Gasteiger partial charge is 0.497 e. The number of hydrogen-bond donors (Lipinski definition) is 1. The molecular weight excluding hydrogens is 298 g/mol. The number of rotatable bonds is 5. The molecule has 0 fully saturated rings. The Balaban J connectivity index is 2.17. The summed E-state index contributed by atoms with van der Waals surface area (Å²) in [4.78, 5) is 23.7. The van der Waals surface area contributed by atoms with Crippen LogP contribution in [0.2, 0.25) is 0 Å². The van der Waals surface area contributed by atoms with E-state index < -0.39 is 5.97 Å². The molecule has 0 heterocycles. The molecule has 1 N–H and O–H groups in total. The molecule has 0 radical (unpaired) electrons. The molecule has 1 amide bonds. The van der Waals surface area contributed by atoms with Gasteiger partial charge in [-0.05, 0) is 36.4 Å². The maximum absolute atomic E-state index is 12.3. The highest BCUT2D eigenvalue weighted by atomic mass is 16.5. The summed E-state index contributed by atoms with van der Waals surface area (Å²) >= 11 is 0. The van der Waals surface area contributed by atoms with Crippen molar-refractivity contribution in [3.63, 3.8) is 0 Å².